The Hall–Kier alpha value is -6.79. The molecule has 1 aliphatic heterocycles. The van der Waals surface area contributed by atoms with Crippen LogP contribution in [0.4, 0.5) is 21.0 Å². The van der Waals surface area contributed by atoms with Gasteiger partial charge in [0.15, 0.2) is 0 Å². The Morgan fingerprint density at radius 2 is 1.16 bits per heavy atom. The fourth-order valence-corrected chi connectivity index (χ4v) is 5.19. The second kappa shape index (κ2) is 17.8. The average Bonchev–Trinajstić information content (AvgIpc) is 3.40. The van der Waals surface area contributed by atoms with Crippen molar-refractivity contribution < 1.29 is 62.0 Å². The fraction of sp³-hybridized carbons (Fsp3) is 0.256. The predicted molar refractivity (Wildman–Crippen MR) is 201 cm³/mol. The smallest absolute Gasteiger partial charge is 0.488 e. The minimum absolute atomic E-state index is 0.0272. The first-order valence-corrected chi connectivity index (χ1v) is 17.2. The van der Waals surface area contributed by atoms with E-state index < -0.39 is 59.7 Å². The molecule has 0 aliphatic carbocycles. The predicted octanol–water partition coefficient (Wildman–Crippen LogP) is 7.16. The molecule has 0 radical (unpaired) electrons. The molecule has 296 valence electrons. The van der Waals surface area contributed by atoms with Crippen LogP contribution >= 0.6 is 0 Å². The molecular weight excluding hydrogens is 747 g/mol. The molecule has 0 atom stereocenters. The highest BCUT2D eigenvalue weighted by molar-refractivity contribution is 6.62. The molecule has 0 spiro atoms. The maximum absolute atomic E-state index is 13.0. The number of benzene rings is 4. The van der Waals surface area contributed by atoms with E-state index in [1.807, 2.05) is 39.8 Å². The SMILES string of the molecule is C=CCOC(=O)c1cc(COC(=O)Oc2ccc([N+](=O)[O-])cc2)c(OCc2ccc(B3OC(C)(C)C(C)(C)O3)cc2)c(COC(=O)Oc2ccc([N+](=O)[O-])cc2)c1. The normalized spacial score (nSPS) is 13.9. The number of nitro benzene ring substituents is 2. The first-order valence-electron chi connectivity index (χ1n) is 17.2. The topological polar surface area (TPSA) is 211 Å². The van der Waals surface area contributed by atoms with E-state index >= 15 is 0 Å². The third kappa shape index (κ3) is 10.7. The third-order valence-corrected chi connectivity index (χ3v) is 8.89. The fourth-order valence-electron chi connectivity index (χ4n) is 5.19. The van der Waals surface area contributed by atoms with Gasteiger partial charge in [0, 0.05) is 35.4 Å². The first kappa shape index (κ1) is 41.4. The van der Waals surface area contributed by atoms with Crippen molar-refractivity contribution in [3.8, 4) is 17.2 Å². The highest BCUT2D eigenvalue weighted by atomic mass is 16.7. The van der Waals surface area contributed by atoms with E-state index in [0.717, 1.165) is 29.7 Å². The summed E-state index contributed by atoms with van der Waals surface area (Å²) in [5.41, 5.74) is 0.213. The van der Waals surface area contributed by atoms with Crippen molar-refractivity contribution >= 4 is 42.2 Å². The molecule has 0 bridgehead atoms. The zero-order valence-corrected chi connectivity index (χ0v) is 31.3. The molecule has 0 aromatic heterocycles. The number of nitrogens with zero attached hydrogens (tertiary/aromatic N) is 2. The summed E-state index contributed by atoms with van der Waals surface area (Å²) in [6.45, 7) is 10.1. The molecule has 5 rings (SSSR count). The summed E-state index contributed by atoms with van der Waals surface area (Å²) >= 11 is 0. The van der Waals surface area contributed by atoms with Crippen molar-refractivity contribution in [2.45, 2.75) is 58.7 Å². The van der Waals surface area contributed by atoms with Crippen LogP contribution in [0.5, 0.6) is 17.2 Å². The van der Waals surface area contributed by atoms with Crippen LogP contribution in [0.2, 0.25) is 0 Å². The number of nitro groups is 2. The molecule has 1 saturated heterocycles. The van der Waals surface area contributed by atoms with Gasteiger partial charge in [0.1, 0.15) is 43.7 Å². The van der Waals surface area contributed by atoms with Gasteiger partial charge in [0.2, 0.25) is 0 Å². The summed E-state index contributed by atoms with van der Waals surface area (Å²) in [5.74, 6) is -0.789. The van der Waals surface area contributed by atoms with Crippen LogP contribution in [-0.2, 0) is 43.3 Å². The van der Waals surface area contributed by atoms with Crippen molar-refractivity contribution in [1.82, 2.24) is 0 Å². The summed E-state index contributed by atoms with van der Waals surface area (Å²) in [5, 5.41) is 22.0. The summed E-state index contributed by atoms with van der Waals surface area (Å²) in [6, 6.07) is 19.4. The zero-order chi connectivity index (χ0) is 41.3. The van der Waals surface area contributed by atoms with Crippen LogP contribution in [0.1, 0.15) is 54.7 Å². The monoisotopic (exact) mass is 784 g/mol. The van der Waals surface area contributed by atoms with E-state index in [2.05, 4.69) is 6.58 Å². The van der Waals surface area contributed by atoms with Gasteiger partial charge < -0.3 is 37.7 Å². The standard InChI is InChI=1S/C39H37BN2O15/c1-6-19-50-35(43)26-20-27(23-52-36(44)54-32-15-11-30(12-16-32)41(46)47)34(28(21-26)24-53-37(45)55-33-17-13-31(14-18-33)42(48)49)51-22-25-7-9-29(10-8-25)40-56-38(2,3)39(4,5)57-40/h6-18,20-21H,1,19,22-24H2,2-5H3. The average molecular weight is 785 g/mol. The van der Waals surface area contributed by atoms with Gasteiger partial charge in [0.25, 0.3) is 11.4 Å². The summed E-state index contributed by atoms with van der Waals surface area (Å²) in [4.78, 5) is 59.3. The van der Waals surface area contributed by atoms with Crippen LogP contribution in [0, 0.1) is 20.2 Å². The quantitative estimate of drug-likeness (QED) is 0.0223. The van der Waals surface area contributed by atoms with Crippen molar-refractivity contribution in [3.63, 3.8) is 0 Å². The molecule has 0 saturated carbocycles. The Morgan fingerprint density at radius 1 is 0.702 bits per heavy atom. The number of hydrogen-bond acceptors (Lipinski definition) is 15. The van der Waals surface area contributed by atoms with Gasteiger partial charge in [-0.25, -0.2) is 14.4 Å². The summed E-state index contributed by atoms with van der Waals surface area (Å²) in [6.07, 6.45) is -1.00. The van der Waals surface area contributed by atoms with E-state index in [0.29, 0.717) is 5.56 Å². The molecular formula is C39H37BN2O15. The molecule has 18 heteroatoms. The van der Waals surface area contributed by atoms with Crippen LogP contribution in [0.15, 0.2) is 97.6 Å². The van der Waals surface area contributed by atoms with E-state index in [-0.39, 0.29) is 58.5 Å². The molecule has 0 unspecified atom stereocenters. The number of rotatable bonds is 15. The van der Waals surface area contributed by atoms with Gasteiger partial charge in [-0.15, -0.1) is 0 Å². The van der Waals surface area contributed by atoms with Crippen molar-refractivity contribution in [3.05, 3.63) is 140 Å². The van der Waals surface area contributed by atoms with Crippen molar-refractivity contribution in [1.29, 1.82) is 0 Å². The Kier molecular flexibility index (Phi) is 12.9. The number of ether oxygens (including phenoxy) is 6. The second-order valence-corrected chi connectivity index (χ2v) is 13.4. The largest absolute Gasteiger partial charge is 0.514 e. The maximum atomic E-state index is 13.0. The van der Waals surface area contributed by atoms with Gasteiger partial charge in [-0.05, 0) is 75.1 Å². The molecule has 1 aliphatic rings. The van der Waals surface area contributed by atoms with E-state index in [1.165, 1.54) is 42.5 Å². The molecule has 4 aromatic carbocycles. The van der Waals surface area contributed by atoms with Crippen LogP contribution in [0.25, 0.3) is 0 Å². The first-order chi connectivity index (χ1) is 27.0. The van der Waals surface area contributed by atoms with Crippen LogP contribution in [-0.4, -0.2) is 53.1 Å². The highest BCUT2D eigenvalue weighted by Gasteiger charge is 2.51. The Morgan fingerprint density at radius 3 is 1.58 bits per heavy atom. The molecule has 1 heterocycles. The maximum Gasteiger partial charge on any atom is 0.514 e. The van der Waals surface area contributed by atoms with Gasteiger partial charge in [0.05, 0.1) is 26.6 Å². The lowest BCUT2D eigenvalue weighted by Crippen LogP contribution is -2.41. The van der Waals surface area contributed by atoms with Crippen molar-refractivity contribution in [2.75, 3.05) is 6.61 Å². The van der Waals surface area contributed by atoms with Crippen molar-refractivity contribution in [2.24, 2.45) is 0 Å². The van der Waals surface area contributed by atoms with Gasteiger partial charge in [-0.3, -0.25) is 20.2 Å². The Labute approximate surface area is 326 Å². The second-order valence-electron chi connectivity index (χ2n) is 13.4. The van der Waals surface area contributed by atoms with Gasteiger partial charge in [-0.2, -0.15) is 0 Å². The third-order valence-electron chi connectivity index (χ3n) is 8.89. The summed E-state index contributed by atoms with van der Waals surface area (Å²) < 4.78 is 44.8. The molecule has 57 heavy (non-hydrogen) atoms. The minimum atomic E-state index is -1.18. The lowest BCUT2D eigenvalue weighted by Gasteiger charge is -2.32. The number of non-ortho nitro benzene ring substituents is 2. The van der Waals surface area contributed by atoms with Gasteiger partial charge >= 0.3 is 25.4 Å². The molecule has 1 fully saturated rings. The van der Waals surface area contributed by atoms with Crippen LogP contribution < -0.4 is 19.7 Å². The highest BCUT2D eigenvalue weighted by Crippen LogP contribution is 2.36. The zero-order valence-electron chi connectivity index (χ0n) is 31.3. The number of esters is 1. The minimum Gasteiger partial charge on any atom is -0.488 e. The lowest BCUT2D eigenvalue weighted by molar-refractivity contribution is -0.385. The molecule has 0 N–H and O–H groups in total. The van der Waals surface area contributed by atoms with Gasteiger partial charge in [-0.1, -0.05) is 36.9 Å². The lowest BCUT2D eigenvalue weighted by atomic mass is 9.79. The van der Waals surface area contributed by atoms with Crippen LogP contribution in [0.3, 0.4) is 0 Å². The molecule has 17 nitrogen and oxygen atoms in total. The van der Waals surface area contributed by atoms with E-state index in [9.17, 15) is 34.6 Å². The van der Waals surface area contributed by atoms with E-state index in [1.54, 1.807) is 12.1 Å². The molecule has 4 aromatic rings. The Balaban J connectivity index is 1.40. The Bertz CT molecular complexity index is 2020. The number of carbonyl (C=O) groups excluding carboxylic acids is 3. The number of carbonyl (C=O) groups is 3. The van der Waals surface area contributed by atoms with E-state index in [4.69, 9.17) is 37.7 Å². The molecule has 0 amide bonds. The number of hydrogen-bond donors (Lipinski definition) is 0. The summed E-state index contributed by atoms with van der Waals surface area (Å²) in [7, 11) is -0.595.